The number of alkyl carbamates (subject to hydrolysis) is 1. The van der Waals surface area contributed by atoms with E-state index in [2.05, 4.69) is 27.7 Å². The molecule has 0 aliphatic carbocycles. The number of benzene rings is 2. The zero-order valence-electron chi connectivity index (χ0n) is 19.3. The lowest BCUT2D eigenvalue weighted by atomic mass is 10.0. The number of rotatable bonds is 6. The predicted octanol–water partition coefficient (Wildman–Crippen LogP) is 5.15. The standard InChI is InChI=1S/C25H33N3O3S/c1-18(28-16-14-19(15-17-28)26-24(30)31-25(2,3)4)23(29)27-21-12-8-9-13-22(21)32-20-10-6-5-7-11-20/h5-13,18-19H,14-17H2,1-4H3,(H,26,30)(H,27,29). The first-order valence-electron chi connectivity index (χ1n) is 11.1. The highest BCUT2D eigenvalue weighted by molar-refractivity contribution is 7.99. The van der Waals surface area contributed by atoms with E-state index in [0.29, 0.717) is 0 Å². The van der Waals surface area contributed by atoms with E-state index in [1.165, 1.54) is 0 Å². The first-order valence-corrected chi connectivity index (χ1v) is 11.9. The maximum atomic E-state index is 13.0. The number of nitrogens with one attached hydrogen (secondary N) is 2. The van der Waals surface area contributed by atoms with E-state index in [0.717, 1.165) is 41.4 Å². The lowest BCUT2D eigenvalue weighted by Crippen LogP contribution is -2.51. The molecule has 1 fully saturated rings. The number of nitrogens with zero attached hydrogens (tertiary/aromatic N) is 1. The number of amides is 2. The molecular weight excluding hydrogens is 422 g/mol. The number of likely N-dealkylation sites (tertiary alicyclic amines) is 1. The second-order valence-corrected chi connectivity index (χ2v) is 10.1. The van der Waals surface area contributed by atoms with Crippen LogP contribution in [-0.4, -0.2) is 47.7 Å². The van der Waals surface area contributed by atoms with Crippen molar-refractivity contribution in [2.24, 2.45) is 0 Å². The molecule has 1 aliphatic heterocycles. The summed E-state index contributed by atoms with van der Waals surface area (Å²) in [4.78, 5) is 29.3. The van der Waals surface area contributed by atoms with Gasteiger partial charge < -0.3 is 15.4 Å². The van der Waals surface area contributed by atoms with Crippen molar-refractivity contribution < 1.29 is 14.3 Å². The fourth-order valence-corrected chi connectivity index (χ4v) is 4.51. The molecule has 2 N–H and O–H groups in total. The van der Waals surface area contributed by atoms with Crippen molar-refractivity contribution in [3.05, 3.63) is 54.6 Å². The molecule has 1 saturated heterocycles. The average Bonchev–Trinajstić information content (AvgIpc) is 2.74. The lowest BCUT2D eigenvalue weighted by molar-refractivity contribution is -0.121. The largest absolute Gasteiger partial charge is 0.444 e. The van der Waals surface area contributed by atoms with E-state index >= 15 is 0 Å². The van der Waals surface area contributed by atoms with Crippen LogP contribution in [0.3, 0.4) is 0 Å². The van der Waals surface area contributed by atoms with Crippen LogP contribution < -0.4 is 10.6 Å². The number of piperidine rings is 1. The summed E-state index contributed by atoms with van der Waals surface area (Å²) in [6.45, 7) is 8.98. The van der Waals surface area contributed by atoms with Crippen molar-refractivity contribution in [2.75, 3.05) is 18.4 Å². The van der Waals surface area contributed by atoms with Gasteiger partial charge in [-0.3, -0.25) is 9.69 Å². The van der Waals surface area contributed by atoms with Crippen LogP contribution in [0.1, 0.15) is 40.5 Å². The number of ether oxygens (including phenoxy) is 1. The normalized spacial score (nSPS) is 16.2. The third-order valence-corrected chi connectivity index (χ3v) is 6.38. The highest BCUT2D eigenvalue weighted by Crippen LogP contribution is 2.33. The zero-order valence-corrected chi connectivity index (χ0v) is 20.1. The Bertz CT molecular complexity index is 906. The summed E-state index contributed by atoms with van der Waals surface area (Å²) >= 11 is 1.63. The fourth-order valence-electron chi connectivity index (χ4n) is 3.58. The Hall–Kier alpha value is -2.51. The third kappa shape index (κ3) is 7.28. The van der Waals surface area contributed by atoms with E-state index in [4.69, 9.17) is 4.74 Å². The predicted molar refractivity (Wildman–Crippen MR) is 129 cm³/mol. The molecule has 1 aliphatic rings. The molecular formula is C25H33N3O3S. The minimum Gasteiger partial charge on any atom is -0.444 e. The van der Waals surface area contributed by atoms with E-state index in [1.807, 2.05) is 70.2 Å². The first-order chi connectivity index (χ1) is 15.2. The molecule has 6 nitrogen and oxygen atoms in total. The van der Waals surface area contributed by atoms with Gasteiger partial charge in [0.25, 0.3) is 0 Å². The Morgan fingerprint density at radius 2 is 1.66 bits per heavy atom. The van der Waals surface area contributed by atoms with Gasteiger partial charge in [-0.2, -0.15) is 0 Å². The smallest absolute Gasteiger partial charge is 0.407 e. The summed E-state index contributed by atoms with van der Waals surface area (Å²) < 4.78 is 5.34. The van der Waals surface area contributed by atoms with Gasteiger partial charge in [-0.05, 0) is 64.8 Å². The molecule has 32 heavy (non-hydrogen) atoms. The number of hydrogen-bond acceptors (Lipinski definition) is 5. The quantitative estimate of drug-likeness (QED) is 0.630. The van der Waals surface area contributed by atoms with Crippen LogP contribution in [0.4, 0.5) is 10.5 Å². The van der Waals surface area contributed by atoms with Crippen LogP contribution in [0.25, 0.3) is 0 Å². The van der Waals surface area contributed by atoms with Gasteiger partial charge in [0.15, 0.2) is 0 Å². The molecule has 1 unspecified atom stereocenters. The summed E-state index contributed by atoms with van der Waals surface area (Å²) in [5.41, 5.74) is 0.312. The molecule has 0 saturated carbocycles. The highest BCUT2D eigenvalue weighted by Gasteiger charge is 2.28. The van der Waals surface area contributed by atoms with Crippen LogP contribution in [0.2, 0.25) is 0 Å². The maximum absolute atomic E-state index is 13.0. The van der Waals surface area contributed by atoms with Crippen molar-refractivity contribution in [3.63, 3.8) is 0 Å². The Morgan fingerprint density at radius 1 is 1.03 bits per heavy atom. The van der Waals surface area contributed by atoms with Crippen molar-refractivity contribution in [3.8, 4) is 0 Å². The summed E-state index contributed by atoms with van der Waals surface area (Å²) in [5.74, 6) is -0.0235. The number of carbonyl (C=O) groups excluding carboxylic acids is 2. The van der Waals surface area contributed by atoms with Crippen molar-refractivity contribution in [1.82, 2.24) is 10.2 Å². The molecule has 3 rings (SSSR count). The number of carbonyl (C=O) groups is 2. The summed E-state index contributed by atoms with van der Waals surface area (Å²) in [5, 5.41) is 6.05. The van der Waals surface area contributed by atoms with Crippen LogP contribution in [-0.2, 0) is 9.53 Å². The molecule has 0 spiro atoms. The van der Waals surface area contributed by atoms with Crippen molar-refractivity contribution in [1.29, 1.82) is 0 Å². The Morgan fingerprint density at radius 3 is 2.31 bits per heavy atom. The molecule has 2 aromatic carbocycles. The van der Waals surface area contributed by atoms with Gasteiger partial charge in [0, 0.05) is 28.9 Å². The van der Waals surface area contributed by atoms with Gasteiger partial charge in [0.05, 0.1) is 11.7 Å². The van der Waals surface area contributed by atoms with Gasteiger partial charge in [-0.15, -0.1) is 0 Å². The highest BCUT2D eigenvalue weighted by atomic mass is 32.2. The van der Waals surface area contributed by atoms with Crippen LogP contribution in [0, 0.1) is 0 Å². The summed E-state index contributed by atoms with van der Waals surface area (Å²) in [6.07, 6.45) is 1.20. The molecule has 1 heterocycles. The van der Waals surface area contributed by atoms with Crippen LogP contribution in [0.5, 0.6) is 0 Å². The molecule has 0 bridgehead atoms. The minimum atomic E-state index is -0.507. The second kappa shape index (κ2) is 10.9. The third-order valence-electron chi connectivity index (χ3n) is 5.29. The van der Waals surface area contributed by atoms with Gasteiger partial charge in [-0.25, -0.2) is 4.79 Å². The Kier molecular flexibility index (Phi) is 8.21. The molecule has 0 radical (unpaired) electrons. The van der Waals surface area contributed by atoms with Gasteiger partial charge in [0.2, 0.25) is 5.91 Å². The van der Waals surface area contributed by atoms with Crippen molar-refractivity contribution >= 4 is 29.4 Å². The zero-order chi connectivity index (χ0) is 23.1. The second-order valence-electron chi connectivity index (χ2n) is 9.03. The maximum Gasteiger partial charge on any atom is 0.407 e. The van der Waals surface area contributed by atoms with E-state index in [9.17, 15) is 9.59 Å². The average molecular weight is 456 g/mol. The van der Waals surface area contributed by atoms with E-state index < -0.39 is 5.60 Å². The monoisotopic (exact) mass is 455 g/mol. The van der Waals surface area contributed by atoms with Gasteiger partial charge in [0.1, 0.15) is 5.60 Å². The number of anilines is 1. The van der Waals surface area contributed by atoms with Crippen LogP contribution >= 0.6 is 11.8 Å². The number of para-hydroxylation sites is 1. The van der Waals surface area contributed by atoms with Gasteiger partial charge in [-0.1, -0.05) is 42.1 Å². The van der Waals surface area contributed by atoms with Gasteiger partial charge >= 0.3 is 6.09 Å². The summed E-state index contributed by atoms with van der Waals surface area (Å²) in [7, 11) is 0. The van der Waals surface area contributed by atoms with Crippen LogP contribution in [0.15, 0.2) is 64.4 Å². The molecule has 7 heteroatoms. The summed E-state index contributed by atoms with van der Waals surface area (Å²) in [6, 6.07) is 17.8. The first kappa shape index (κ1) is 24.1. The fraction of sp³-hybridized carbons (Fsp3) is 0.440. The SMILES string of the molecule is CC(C(=O)Nc1ccccc1Sc1ccccc1)N1CCC(NC(=O)OC(C)(C)C)CC1. The Labute approximate surface area is 195 Å². The molecule has 2 aromatic rings. The molecule has 0 aromatic heterocycles. The number of hydrogen-bond donors (Lipinski definition) is 2. The molecule has 172 valence electrons. The van der Waals surface area contributed by atoms with E-state index in [1.54, 1.807) is 11.8 Å². The molecule has 2 amide bonds. The van der Waals surface area contributed by atoms with Crippen molar-refractivity contribution in [2.45, 2.75) is 68.0 Å². The lowest BCUT2D eigenvalue weighted by Gasteiger charge is -2.35. The molecule has 1 atom stereocenters. The van der Waals surface area contributed by atoms with E-state index in [-0.39, 0.29) is 24.1 Å². The topological polar surface area (TPSA) is 70.7 Å². The Balaban J connectivity index is 1.52. The minimum absolute atomic E-state index is 0.0235.